The summed E-state index contributed by atoms with van der Waals surface area (Å²) >= 11 is 0. The number of carbonyl (C=O) groups is 1. The number of hydrogen-bond donors (Lipinski definition) is 2. The molecule has 1 unspecified atom stereocenters. The van der Waals surface area contributed by atoms with Gasteiger partial charge in [-0.1, -0.05) is 6.07 Å². The Morgan fingerprint density at radius 3 is 2.89 bits per heavy atom. The highest BCUT2D eigenvalue weighted by Crippen LogP contribution is 2.43. The van der Waals surface area contributed by atoms with Crippen molar-refractivity contribution in [3.05, 3.63) is 76.8 Å². The van der Waals surface area contributed by atoms with E-state index in [1.165, 1.54) is 0 Å². The van der Waals surface area contributed by atoms with Crippen molar-refractivity contribution in [1.82, 2.24) is 34.6 Å². The summed E-state index contributed by atoms with van der Waals surface area (Å²) in [5.41, 5.74) is 12.1. The molecule has 6 rings (SSSR count). The lowest BCUT2D eigenvalue weighted by Crippen LogP contribution is -2.42. The summed E-state index contributed by atoms with van der Waals surface area (Å²) < 4.78 is 7.79. The molecule has 5 heterocycles. The topological polar surface area (TPSA) is 132 Å². The number of aryl methyl sites for hydroxylation is 2. The highest BCUT2D eigenvalue weighted by atomic mass is 16.4. The Morgan fingerprint density at radius 1 is 1.29 bits per heavy atom. The lowest BCUT2D eigenvalue weighted by Gasteiger charge is -2.34. The third kappa shape index (κ3) is 3.80. The molecule has 10 nitrogen and oxygen atoms in total. The van der Waals surface area contributed by atoms with Crippen molar-refractivity contribution in [2.45, 2.75) is 38.1 Å². The van der Waals surface area contributed by atoms with Crippen LogP contribution < -0.4 is 5.73 Å². The van der Waals surface area contributed by atoms with E-state index in [0.717, 1.165) is 41.1 Å². The lowest BCUT2D eigenvalue weighted by atomic mass is 9.98. The van der Waals surface area contributed by atoms with E-state index in [0.29, 0.717) is 30.2 Å². The molecular weight excluding hydrogens is 444 g/mol. The fraction of sp³-hybridized carbons (Fsp3) is 0.320. The Hall–Kier alpha value is -4.21. The molecule has 1 atom stereocenters. The van der Waals surface area contributed by atoms with Gasteiger partial charge in [0.15, 0.2) is 0 Å². The zero-order chi connectivity index (χ0) is 24.1. The fourth-order valence-corrected chi connectivity index (χ4v) is 4.62. The number of aromatic amines is 1. The molecule has 10 heteroatoms. The van der Waals surface area contributed by atoms with E-state index in [4.69, 9.17) is 15.1 Å². The van der Waals surface area contributed by atoms with Crippen LogP contribution in [-0.4, -0.2) is 47.1 Å². The van der Waals surface area contributed by atoms with Gasteiger partial charge >= 0.3 is 0 Å². The van der Waals surface area contributed by atoms with Gasteiger partial charge in [-0.15, -0.1) is 0 Å². The minimum Gasteiger partial charge on any atom is -0.430 e. The van der Waals surface area contributed by atoms with Crippen LogP contribution in [-0.2, 0) is 13.5 Å². The van der Waals surface area contributed by atoms with Crippen molar-refractivity contribution in [3.8, 4) is 11.5 Å². The molecule has 1 amide bonds. The average molecular weight is 471 g/mol. The molecule has 4 aromatic rings. The summed E-state index contributed by atoms with van der Waals surface area (Å²) in [4.78, 5) is 32.6. The van der Waals surface area contributed by atoms with Crippen LogP contribution in [0.1, 0.15) is 63.7 Å². The van der Waals surface area contributed by atoms with Gasteiger partial charge in [0, 0.05) is 49.7 Å². The first-order chi connectivity index (χ1) is 17.0. The van der Waals surface area contributed by atoms with E-state index >= 15 is 0 Å². The number of amides is 1. The van der Waals surface area contributed by atoms with E-state index in [2.05, 4.69) is 20.1 Å². The smallest absolute Gasteiger partial charge is 0.292 e. The molecule has 1 aliphatic carbocycles. The number of nitrogens with one attached hydrogen (secondary N) is 1. The predicted molar refractivity (Wildman–Crippen MR) is 128 cm³/mol. The van der Waals surface area contributed by atoms with Crippen molar-refractivity contribution in [2.24, 2.45) is 12.8 Å². The molecule has 0 spiro atoms. The maximum atomic E-state index is 14.0. The van der Waals surface area contributed by atoms with Crippen molar-refractivity contribution in [3.63, 3.8) is 0 Å². The van der Waals surface area contributed by atoms with Gasteiger partial charge in [0.05, 0.1) is 35.2 Å². The van der Waals surface area contributed by atoms with Gasteiger partial charge in [-0.25, -0.2) is 9.97 Å². The number of nitrogens with zero attached hydrogens (tertiary/aromatic N) is 6. The van der Waals surface area contributed by atoms with Gasteiger partial charge in [-0.3, -0.25) is 14.5 Å². The van der Waals surface area contributed by atoms with E-state index in [9.17, 15) is 4.79 Å². The van der Waals surface area contributed by atoms with Crippen molar-refractivity contribution in [2.75, 3.05) is 6.54 Å². The number of imidazole rings is 1. The number of carbonyl (C=O) groups excluding carboxylic acids is 1. The second-order valence-corrected chi connectivity index (χ2v) is 9.18. The standard InChI is InChI=1S/C25H26N8O2/c1-14-4-3-8-27-19(14)10-17(26)22-21-18(28-13-29-21)7-9-33(22)25(34)23-20(15-5-6-15)31-24(35-23)16-11-30-32(2)12-16/h3-4,8,10-13,15,22H,5-7,9,26H2,1-2H3,(H,28,29)/b17-10-. The zero-order valence-electron chi connectivity index (χ0n) is 19.6. The number of pyridine rings is 1. The van der Waals surface area contributed by atoms with Crippen molar-refractivity contribution >= 4 is 12.0 Å². The molecule has 35 heavy (non-hydrogen) atoms. The van der Waals surface area contributed by atoms with Gasteiger partial charge in [0.25, 0.3) is 5.91 Å². The molecule has 1 aliphatic heterocycles. The Morgan fingerprint density at radius 2 is 2.14 bits per heavy atom. The van der Waals surface area contributed by atoms with E-state index in [-0.39, 0.29) is 17.6 Å². The monoisotopic (exact) mass is 470 g/mol. The first kappa shape index (κ1) is 21.3. The first-order valence-electron chi connectivity index (χ1n) is 11.7. The van der Waals surface area contributed by atoms with Crippen LogP contribution in [0.4, 0.5) is 0 Å². The maximum Gasteiger partial charge on any atom is 0.292 e. The number of hydrogen-bond acceptors (Lipinski definition) is 7. The molecule has 2 aliphatic rings. The third-order valence-corrected chi connectivity index (χ3v) is 6.62. The minimum atomic E-state index is -0.544. The van der Waals surface area contributed by atoms with Gasteiger partial charge in [-0.2, -0.15) is 5.10 Å². The van der Waals surface area contributed by atoms with Crippen LogP contribution in [0.15, 0.2) is 47.2 Å². The lowest BCUT2D eigenvalue weighted by molar-refractivity contribution is 0.0653. The summed E-state index contributed by atoms with van der Waals surface area (Å²) in [5.74, 6) is 0.681. The van der Waals surface area contributed by atoms with Crippen molar-refractivity contribution in [1.29, 1.82) is 0 Å². The highest BCUT2D eigenvalue weighted by Gasteiger charge is 2.40. The molecule has 0 bridgehead atoms. The van der Waals surface area contributed by atoms with Crippen LogP contribution >= 0.6 is 0 Å². The normalized spacial score (nSPS) is 18.1. The molecular formula is C25H26N8O2. The van der Waals surface area contributed by atoms with Gasteiger partial charge in [-0.05, 0) is 37.5 Å². The molecule has 178 valence electrons. The largest absolute Gasteiger partial charge is 0.430 e. The highest BCUT2D eigenvalue weighted by molar-refractivity contribution is 5.94. The van der Waals surface area contributed by atoms with E-state index in [1.54, 1.807) is 28.3 Å². The molecule has 1 fully saturated rings. The Labute approximate surface area is 201 Å². The fourth-order valence-electron chi connectivity index (χ4n) is 4.62. The van der Waals surface area contributed by atoms with Crippen LogP contribution in [0.3, 0.4) is 0 Å². The quantitative estimate of drug-likeness (QED) is 0.458. The van der Waals surface area contributed by atoms with Crippen LogP contribution in [0, 0.1) is 6.92 Å². The van der Waals surface area contributed by atoms with Crippen molar-refractivity contribution < 1.29 is 9.21 Å². The average Bonchev–Trinajstić information content (AvgIpc) is 3.22. The second kappa shape index (κ2) is 8.23. The zero-order valence-corrected chi connectivity index (χ0v) is 19.6. The number of aromatic nitrogens is 6. The van der Waals surface area contributed by atoms with Gasteiger partial charge < -0.3 is 20.0 Å². The summed E-state index contributed by atoms with van der Waals surface area (Å²) in [6.45, 7) is 2.45. The minimum absolute atomic E-state index is 0.233. The number of H-pyrrole nitrogens is 1. The first-order valence-corrected chi connectivity index (χ1v) is 11.7. The summed E-state index contributed by atoms with van der Waals surface area (Å²) in [6, 6.07) is 3.32. The predicted octanol–water partition coefficient (Wildman–Crippen LogP) is 3.12. The number of oxazole rings is 1. The molecule has 0 aromatic carbocycles. The van der Waals surface area contributed by atoms with E-state index in [1.807, 2.05) is 38.4 Å². The summed E-state index contributed by atoms with van der Waals surface area (Å²) in [5, 5.41) is 4.21. The van der Waals surface area contributed by atoms with E-state index < -0.39 is 6.04 Å². The molecule has 3 N–H and O–H groups in total. The molecule has 0 radical (unpaired) electrons. The SMILES string of the molecule is Cc1cccnc1/C=C(\N)C1c2nc[nH]c2CCN1C(=O)c1oc(-c2cnn(C)c2)nc1C1CC1. The van der Waals surface area contributed by atoms with Crippen LogP contribution in [0.25, 0.3) is 17.5 Å². The second-order valence-electron chi connectivity index (χ2n) is 9.18. The van der Waals surface area contributed by atoms with Gasteiger partial charge in [0.2, 0.25) is 11.7 Å². The Balaban J connectivity index is 1.41. The Bertz CT molecular complexity index is 1440. The number of rotatable bonds is 5. The van der Waals surface area contributed by atoms with Gasteiger partial charge in [0.1, 0.15) is 6.04 Å². The maximum absolute atomic E-state index is 14.0. The number of fused-ring (bicyclic) bond motifs is 1. The Kier molecular flexibility index (Phi) is 5.01. The summed E-state index contributed by atoms with van der Waals surface area (Å²) in [6.07, 6.45) is 11.4. The third-order valence-electron chi connectivity index (χ3n) is 6.62. The summed E-state index contributed by atoms with van der Waals surface area (Å²) in [7, 11) is 1.83. The van der Waals surface area contributed by atoms with Crippen LogP contribution in [0.2, 0.25) is 0 Å². The number of nitrogens with two attached hydrogens (primary N) is 1. The molecule has 0 saturated heterocycles. The molecule has 4 aromatic heterocycles. The van der Waals surface area contributed by atoms with Crippen LogP contribution in [0.5, 0.6) is 0 Å². The molecule has 1 saturated carbocycles.